The molecule has 4 nitrogen and oxygen atoms in total. The maximum atomic E-state index is 11.7. The Morgan fingerprint density at radius 3 is 2.88 bits per heavy atom. The van der Waals surface area contributed by atoms with Crippen LogP contribution in [0.2, 0.25) is 0 Å². The fourth-order valence-electron chi connectivity index (χ4n) is 1.75. The number of hydrogen-bond donors (Lipinski definition) is 0. The molecule has 0 aromatic carbocycles. The van der Waals surface area contributed by atoms with Gasteiger partial charge in [0, 0.05) is 6.20 Å². The quantitative estimate of drug-likeness (QED) is 0.722. The smallest absolute Gasteiger partial charge is 0.318 e. The molecule has 0 atom stereocenters. The summed E-state index contributed by atoms with van der Waals surface area (Å²) in [7, 11) is 1.39. The summed E-state index contributed by atoms with van der Waals surface area (Å²) in [6, 6.07) is 5.79. The number of aromatic nitrogens is 2. The lowest BCUT2D eigenvalue weighted by Crippen LogP contribution is -2.32. The van der Waals surface area contributed by atoms with Crippen molar-refractivity contribution in [3.05, 3.63) is 36.4 Å². The number of hydrogen-bond acceptors (Lipinski definition) is 3. The molecule has 2 aromatic heterocycles. The van der Waals surface area contributed by atoms with Gasteiger partial charge in [-0.3, -0.25) is 4.79 Å². The summed E-state index contributed by atoms with van der Waals surface area (Å²) in [5, 5.41) is 0. The maximum absolute atomic E-state index is 11.7. The second kappa shape index (κ2) is 3.63. The molecule has 0 aliphatic carbocycles. The van der Waals surface area contributed by atoms with Gasteiger partial charge in [0.15, 0.2) is 0 Å². The highest BCUT2D eigenvalue weighted by Crippen LogP contribution is 2.24. The standard InChI is InChI=1S/C12H14N2O2/c1-12(2,11(15)16-3)10-13-8-9-6-4-5-7-14(9)10/h4-8H,1-3H3. The minimum atomic E-state index is -0.748. The largest absolute Gasteiger partial charge is 0.468 e. The Balaban J connectivity index is 2.59. The van der Waals surface area contributed by atoms with Crippen molar-refractivity contribution in [3.8, 4) is 0 Å². The highest BCUT2D eigenvalue weighted by Gasteiger charge is 2.34. The lowest BCUT2D eigenvalue weighted by atomic mass is 9.92. The zero-order chi connectivity index (χ0) is 11.8. The van der Waals surface area contributed by atoms with Gasteiger partial charge >= 0.3 is 5.97 Å². The number of esters is 1. The van der Waals surface area contributed by atoms with E-state index in [9.17, 15) is 4.79 Å². The van der Waals surface area contributed by atoms with E-state index in [-0.39, 0.29) is 5.97 Å². The van der Waals surface area contributed by atoms with Gasteiger partial charge in [0.25, 0.3) is 0 Å². The molecule has 0 N–H and O–H groups in total. The topological polar surface area (TPSA) is 43.6 Å². The second-order valence-corrected chi connectivity index (χ2v) is 4.19. The van der Waals surface area contributed by atoms with Crippen molar-refractivity contribution in [1.82, 2.24) is 9.38 Å². The molecule has 0 radical (unpaired) electrons. The molecule has 0 fully saturated rings. The zero-order valence-electron chi connectivity index (χ0n) is 9.60. The van der Waals surface area contributed by atoms with Crippen molar-refractivity contribution in [2.24, 2.45) is 0 Å². The van der Waals surface area contributed by atoms with Gasteiger partial charge in [-0.15, -0.1) is 0 Å². The zero-order valence-corrected chi connectivity index (χ0v) is 9.60. The summed E-state index contributed by atoms with van der Waals surface area (Å²) in [4.78, 5) is 16.0. The van der Waals surface area contributed by atoms with Crippen LogP contribution in [0.3, 0.4) is 0 Å². The number of ether oxygens (including phenoxy) is 1. The summed E-state index contributed by atoms with van der Waals surface area (Å²) in [6.07, 6.45) is 3.64. The maximum Gasteiger partial charge on any atom is 0.318 e. The lowest BCUT2D eigenvalue weighted by Gasteiger charge is -2.19. The van der Waals surface area contributed by atoms with Crippen LogP contribution in [0.1, 0.15) is 19.7 Å². The number of carbonyl (C=O) groups is 1. The number of imidazole rings is 1. The van der Waals surface area contributed by atoms with Gasteiger partial charge in [0.2, 0.25) is 0 Å². The van der Waals surface area contributed by atoms with E-state index in [2.05, 4.69) is 4.98 Å². The Labute approximate surface area is 93.9 Å². The van der Waals surface area contributed by atoms with Crippen LogP contribution in [0.25, 0.3) is 5.52 Å². The van der Waals surface area contributed by atoms with Crippen LogP contribution in [-0.4, -0.2) is 22.5 Å². The van der Waals surface area contributed by atoms with Crippen molar-refractivity contribution in [3.63, 3.8) is 0 Å². The predicted molar refractivity (Wildman–Crippen MR) is 60.2 cm³/mol. The second-order valence-electron chi connectivity index (χ2n) is 4.19. The number of nitrogens with zero attached hydrogens (tertiary/aromatic N) is 2. The average Bonchev–Trinajstić information content (AvgIpc) is 2.72. The van der Waals surface area contributed by atoms with E-state index in [4.69, 9.17) is 4.74 Å². The number of carbonyl (C=O) groups excluding carboxylic acids is 1. The minimum Gasteiger partial charge on any atom is -0.468 e. The molecule has 0 amide bonds. The SMILES string of the molecule is COC(=O)C(C)(C)c1ncc2ccccn12. The fourth-order valence-corrected chi connectivity index (χ4v) is 1.75. The number of fused-ring (bicyclic) bond motifs is 1. The number of rotatable bonds is 2. The van der Waals surface area contributed by atoms with Crippen molar-refractivity contribution in [2.75, 3.05) is 7.11 Å². The van der Waals surface area contributed by atoms with Crippen LogP contribution in [-0.2, 0) is 14.9 Å². The Hall–Kier alpha value is -1.84. The first-order valence-corrected chi connectivity index (χ1v) is 5.08. The van der Waals surface area contributed by atoms with E-state index in [1.54, 1.807) is 20.0 Å². The van der Waals surface area contributed by atoms with E-state index in [1.807, 2.05) is 28.8 Å². The number of methoxy groups -OCH3 is 1. The molecule has 0 spiro atoms. The van der Waals surface area contributed by atoms with Gasteiger partial charge in [0.1, 0.15) is 11.2 Å². The molecule has 0 aliphatic rings. The highest BCUT2D eigenvalue weighted by atomic mass is 16.5. The molecule has 0 aliphatic heterocycles. The highest BCUT2D eigenvalue weighted by molar-refractivity contribution is 5.81. The van der Waals surface area contributed by atoms with E-state index < -0.39 is 5.41 Å². The Kier molecular flexibility index (Phi) is 2.42. The third-order valence-electron chi connectivity index (χ3n) is 2.69. The van der Waals surface area contributed by atoms with Crippen molar-refractivity contribution < 1.29 is 9.53 Å². The van der Waals surface area contributed by atoms with Crippen LogP contribution in [0.5, 0.6) is 0 Å². The molecule has 84 valence electrons. The normalized spacial score (nSPS) is 11.7. The molecule has 0 bridgehead atoms. The van der Waals surface area contributed by atoms with Gasteiger partial charge in [-0.2, -0.15) is 0 Å². The molecule has 0 saturated heterocycles. The lowest BCUT2D eigenvalue weighted by molar-refractivity contribution is -0.146. The summed E-state index contributed by atoms with van der Waals surface area (Å²) >= 11 is 0. The molecule has 0 saturated carbocycles. The van der Waals surface area contributed by atoms with Crippen LogP contribution < -0.4 is 0 Å². The summed E-state index contributed by atoms with van der Waals surface area (Å²) < 4.78 is 6.70. The van der Waals surface area contributed by atoms with Gasteiger partial charge in [-0.05, 0) is 26.0 Å². The van der Waals surface area contributed by atoms with Crippen molar-refractivity contribution >= 4 is 11.5 Å². The first-order valence-electron chi connectivity index (χ1n) is 5.08. The molecule has 2 rings (SSSR count). The minimum absolute atomic E-state index is 0.288. The third-order valence-corrected chi connectivity index (χ3v) is 2.69. The van der Waals surface area contributed by atoms with Gasteiger partial charge in [0.05, 0.1) is 18.8 Å². The Morgan fingerprint density at radius 2 is 2.19 bits per heavy atom. The average molecular weight is 218 g/mol. The Morgan fingerprint density at radius 1 is 1.44 bits per heavy atom. The van der Waals surface area contributed by atoms with E-state index in [0.29, 0.717) is 5.82 Å². The predicted octanol–water partition coefficient (Wildman–Crippen LogP) is 1.78. The first kappa shape index (κ1) is 10.7. The van der Waals surface area contributed by atoms with Crippen LogP contribution in [0, 0.1) is 0 Å². The third kappa shape index (κ3) is 1.46. The molecule has 2 aromatic rings. The van der Waals surface area contributed by atoms with Crippen LogP contribution >= 0.6 is 0 Å². The van der Waals surface area contributed by atoms with Gasteiger partial charge in [-0.1, -0.05) is 6.07 Å². The number of pyridine rings is 1. The van der Waals surface area contributed by atoms with Crippen LogP contribution in [0.15, 0.2) is 30.6 Å². The van der Waals surface area contributed by atoms with E-state index in [0.717, 1.165) is 5.52 Å². The molecule has 0 unspecified atom stereocenters. The monoisotopic (exact) mass is 218 g/mol. The molecule has 16 heavy (non-hydrogen) atoms. The molecule has 2 heterocycles. The van der Waals surface area contributed by atoms with E-state index >= 15 is 0 Å². The Bertz CT molecular complexity index is 529. The van der Waals surface area contributed by atoms with Crippen LogP contribution in [0.4, 0.5) is 0 Å². The first-order chi connectivity index (χ1) is 7.57. The summed E-state index contributed by atoms with van der Waals surface area (Å²) in [6.45, 7) is 3.61. The summed E-state index contributed by atoms with van der Waals surface area (Å²) in [5.41, 5.74) is 0.220. The molecular formula is C12H14N2O2. The van der Waals surface area contributed by atoms with E-state index in [1.165, 1.54) is 7.11 Å². The fraction of sp³-hybridized carbons (Fsp3) is 0.333. The van der Waals surface area contributed by atoms with Crippen molar-refractivity contribution in [2.45, 2.75) is 19.3 Å². The molecule has 4 heteroatoms. The van der Waals surface area contributed by atoms with Crippen molar-refractivity contribution in [1.29, 1.82) is 0 Å². The molecular weight excluding hydrogens is 204 g/mol. The van der Waals surface area contributed by atoms with Gasteiger partial charge in [-0.25, -0.2) is 4.98 Å². The summed E-state index contributed by atoms with van der Waals surface area (Å²) in [5.74, 6) is 0.402. The van der Waals surface area contributed by atoms with Gasteiger partial charge < -0.3 is 9.14 Å².